The van der Waals surface area contributed by atoms with Crippen LogP contribution in [0.2, 0.25) is 0 Å². The van der Waals surface area contributed by atoms with E-state index in [1.54, 1.807) is 13.2 Å². The topological polar surface area (TPSA) is 68.3 Å². The Balaban J connectivity index is 2.13. The molecule has 0 spiro atoms. The lowest BCUT2D eigenvalue weighted by Gasteiger charge is -2.11. The summed E-state index contributed by atoms with van der Waals surface area (Å²) < 4.78 is 11.0. The fraction of sp³-hybridized carbons (Fsp3) is 0.235. The van der Waals surface area contributed by atoms with Gasteiger partial charge in [0, 0.05) is 0 Å². The molecule has 0 unspecified atom stereocenters. The van der Waals surface area contributed by atoms with E-state index in [2.05, 4.69) is 13.8 Å². The van der Waals surface area contributed by atoms with Gasteiger partial charge >= 0.3 is 0 Å². The third-order valence-electron chi connectivity index (χ3n) is 3.44. The Morgan fingerprint density at radius 3 is 2.48 bits per heavy atom. The van der Waals surface area contributed by atoms with Crippen molar-refractivity contribution in [1.82, 2.24) is 0 Å². The van der Waals surface area contributed by atoms with Crippen LogP contribution in [-0.4, -0.2) is 12.9 Å². The van der Waals surface area contributed by atoms with Gasteiger partial charge in [0.2, 0.25) is 0 Å². The molecule has 0 aliphatic carbocycles. The minimum Gasteiger partial charge on any atom is -0.496 e. The van der Waals surface area contributed by atoms with Gasteiger partial charge in [-0.3, -0.25) is 5.41 Å². The van der Waals surface area contributed by atoms with Gasteiger partial charge in [-0.25, -0.2) is 0 Å². The highest BCUT2D eigenvalue weighted by Gasteiger charge is 2.07. The first kappa shape index (κ1) is 14.9. The van der Waals surface area contributed by atoms with Gasteiger partial charge in [0.15, 0.2) is 0 Å². The number of ether oxygens (including phenoxy) is 2. The normalized spacial score (nSPS) is 10.2. The van der Waals surface area contributed by atoms with Gasteiger partial charge in [-0.05, 0) is 54.8 Å². The lowest BCUT2D eigenvalue weighted by Crippen LogP contribution is -2.12. The van der Waals surface area contributed by atoms with E-state index >= 15 is 0 Å². The molecule has 110 valence electrons. The van der Waals surface area contributed by atoms with Crippen molar-refractivity contribution in [3.8, 4) is 11.5 Å². The standard InChI is InChI=1S/C17H20N2O2/c1-11-4-6-14(8-12(11)2)21-10-13-5-7-15(17(18)19)16(9-13)20-3/h4-9H,10H2,1-3H3,(H3,18,19). The fourth-order valence-electron chi connectivity index (χ4n) is 2.02. The number of nitrogen functional groups attached to an aromatic ring is 1. The highest BCUT2D eigenvalue weighted by Crippen LogP contribution is 2.22. The van der Waals surface area contributed by atoms with E-state index in [0.29, 0.717) is 17.9 Å². The maximum atomic E-state index is 7.50. The molecular weight excluding hydrogens is 264 g/mol. The van der Waals surface area contributed by atoms with Crippen molar-refractivity contribution in [3.05, 3.63) is 58.7 Å². The van der Waals surface area contributed by atoms with Gasteiger partial charge in [0.1, 0.15) is 23.9 Å². The van der Waals surface area contributed by atoms with E-state index in [4.69, 9.17) is 20.6 Å². The van der Waals surface area contributed by atoms with Crippen LogP contribution in [0, 0.1) is 19.3 Å². The number of rotatable bonds is 5. The average Bonchev–Trinajstić information content (AvgIpc) is 2.48. The van der Waals surface area contributed by atoms with Gasteiger partial charge < -0.3 is 15.2 Å². The van der Waals surface area contributed by atoms with Crippen molar-refractivity contribution in [2.75, 3.05) is 7.11 Å². The number of nitrogens with one attached hydrogen (secondary N) is 1. The third-order valence-corrected chi connectivity index (χ3v) is 3.44. The Bertz CT molecular complexity index is 666. The monoisotopic (exact) mass is 284 g/mol. The minimum atomic E-state index is -0.00604. The Labute approximate surface area is 125 Å². The molecule has 2 rings (SSSR count). The highest BCUT2D eigenvalue weighted by atomic mass is 16.5. The first-order valence-corrected chi connectivity index (χ1v) is 6.72. The summed E-state index contributed by atoms with van der Waals surface area (Å²) in [6, 6.07) is 11.5. The van der Waals surface area contributed by atoms with Gasteiger partial charge in [-0.15, -0.1) is 0 Å². The van der Waals surface area contributed by atoms with Crippen molar-refractivity contribution in [2.24, 2.45) is 5.73 Å². The van der Waals surface area contributed by atoms with Crippen LogP contribution in [0.25, 0.3) is 0 Å². The van der Waals surface area contributed by atoms with E-state index in [1.165, 1.54) is 11.1 Å². The second-order valence-corrected chi connectivity index (χ2v) is 4.98. The highest BCUT2D eigenvalue weighted by molar-refractivity contribution is 5.97. The molecule has 4 heteroatoms. The zero-order chi connectivity index (χ0) is 15.4. The molecule has 0 saturated heterocycles. The van der Waals surface area contributed by atoms with Crippen LogP contribution in [0.4, 0.5) is 0 Å². The summed E-state index contributed by atoms with van der Waals surface area (Å²) >= 11 is 0. The molecule has 3 N–H and O–H groups in total. The molecule has 0 radical (unpaired) electrons. The Morgan fingerprint density at radius 2 is 1.86 bits per heavy atom. The van der Waals surface area contributed by atoms with Crippen molar-refractivity contribution in [2.45, 2.75) is 20.5 Å². The molecule has 2 aromatic carbocycles. The molecule has 2 aromatic rings. The summed E-state index contributed by atoms with van der Waals surface area (Å²) in [6.45, 7) is 4.58. The predicted octanol–water partition coefficient (Wildman–Crippen LogP) is 3.18. The van der Waals surface area contributed by atoms with Crippen molar-refractivity contribution in [3.63, 3.8) is 0 Å². The molecule has 0 aliphatic rings. The number of nitrogens with two attached hydrogens (primary N) is 1. The molecule has 0 heterocycles. The van der Waals surface area contributed by atoms with E-state index < -0.39 is 0 Å². The first-order valence-electron chi connectivity index (χ1n) is 6.72. The molecule has 0 saturated carbocycles. The molecule has 21 heavy (non-hydrogen) atoms. The molecule has 0 amide bonds. The largest absolute Gasteiger partial charge is 0.496 e. The molecule has 0 bridgehead atoms. The van der Waals surface area contributed by atoms with Crippen molar-refractivity contribution >= 4 is 5.84 Å². The van der Waals surface area contributed by atoms with Gasteiger partial charge in [0.05, 0.1) is 12.7 Å². The zero-order valence-electron chi connectivity index (χ0n) is 12.6. The second-order valence-electron chi connectivity index (χ2n) is 4.98. The van der Waals surface area contributed by atoms with Crippen LogP contribution >= 0.6 is 0 Å². The van der Waals surface area contributed by atoms with Crippen LogP contribution in [-0.2, 0) is 6.61 Å². The first-order chi connectivity index (χ1) is 10.0. The van der Waals surface area contributed by atoms with Gasteiger partial charge in [-0.1, -0.05) is 12.1 Å². The molecule has 0 aromatic heterocycles. The van der Waals surface area contributed by atoms with E-state index in [0.717, 1.165) is 11.3 Å². The SMILES string of the molecule is COc1cc(COc2ccc(C)c(C)c2)ccc1C(=N)N. The summed E-state index contributed by atoms with van der Waals surface area (Å²) in [7, 11) is 1.57. The van der Waals surface area contributed by atoms with Crippen LogP contribution in [0.15, 0.2) is 36.4 Å². The van der Waals surface area contributed by atoms with Crippen LogP contribution in [0.5, 0.6) is 11.5 Å². The summed E-state index contributed by atoms with van der Waals surface area (Å²) in [6.07, 6.45) is 0. The summed E-state index contributed by atoms with van der Waals surface area (Å²) in [4.78, 5) is 0. The maximum Gasteiger partial charge on any atom is 0.130 e. The number of amidine groups is 1. The van der Waals surface area contributed by atoms with E-state index in [1.807, 2.05) is 30.3 Å². The van der Waals surface area contributed by atoms with Crippen molar-refractivity contribution in [1.29, 1.82) is 5.41 Å². The van der Waals surface area contributed by atoms with Crippen LogP contribution < -0.4 is 15.2 Å². The number of aryl methyl sites for hydroxylation is 2. The number of benzene rings is 2. The zero-order valence-corrected chi connectivity index (χ0v) is 12.6. The van der Waals surface area contributed by atoms with Crippen LogP contribution in [0.1, 0.15) is 22.3 Å². The summed E-state index contributed by atoms with van der Waals surface area (Å²) in [5.74, 6) is 1.42. The lowest BCUT2D eigenvalue weighted by molar-refractivity contribution is 0.305. The second kappa shape index (κ2) is 6.31. The minimum absolute atomic E-state index is 0.00604. The quantitative estimate of drug-likeness (QED) is 0.654. The van der Waals surface area contributed by atoms with Gasteiger partial charge in [-0.2, -0.15) is 0 Å². The Kier molecular flexibility index (Phi) is 4.48. The lowest BCUT2D eigenvalue weighted by atomic mass is 10.1. The molecular formula is C17H20N2O2. The maximum absolute atomic E-state index is 7.50. The molecule has 0 aliphatic heterocycles. The Hall–Kier alpha value is -2.49. The third kappa shape index (κ3) is 3.54. The smallest absolute Gasteiger partial charge is 0.130 e. The predicted molar refractivity (Wildman–Crippen MR) is 84.3 cm³/mol. The average molecular weight is 284 g/mol. The molecule has 0 fully saturated rings. The van der Waals surface area contributed by atoms with E-state index in [9.17, 15) is 0 Å². The van der Waals surface area contributed by atoms with E-state index in [-0.39, 0.29) is 5.84 Å². The number of methoxy groups -OCH3 is 1. The molecule has 4 nitrogen and oxygen atoms in total. The van der Waals surface area contributed by atoms with Crippen LogP contribution in [0.3, 0.4) is 0 Å². The summed E-state index contributed by atoms with van der Waals surface area (Å²) in [5, 5.41) is 7.50. The molecule has 0 atom stereocenters. The number of hydrogen-bond acceptors (Lipinski definition) is 3. The van der Waals surface area contributed by atoms with Gasteiger partial charge in [0.25, 0.3) is 0 Å². The fourth-order valence-corrected chi connectivity index (χ4v) is 2.02. The summed E-state index contributed by atoms with van der Waals surface area (Å²) in [5.41, 5.74) is 9.52. The number of hydrogen-bond donors (Lipinski definition) is 2. The Morgan fingerprint density at radius 1 is 1.10 bits per heavy atom. The van der Waals surface area contributed by atoms with Crippen molar-refractivity contribution < 1.29 is 9.47 Å².